The van der Waals surface area contributed by atoms with Crippen molar-refractivity contribution in [1.82, 2.24) is 15.5 Å². The minimum Gasteiger partial charge on any atom is -0.419 e. The van der Waals surface area contributed by atoms with Gasteiger partial charge in [0.05, 0.1) is 6.54 Å². The zero-order chi connectivity index (χ0) is 13.7. The Hall–Kier alpha value is -1.72. The van der Waals surface area contributed by atoms with Gasteiger partial charge in [0.2, 0.25) is 11.8 Å². The van der Waals surface area contributed by atoms with E-state index in [0.29, 0.717) is 24.7 Å². The van der Waals surface area contributed by atoms with Crippen molar-refractivity contribution < 1.29 is 9.52 Å². The summed E-state index contributed by atoms with van der Waals surface area (Å²) < 4.78 is 5.60. The second kappa shape index (κ2) is 5.95. The van der Waals surface area contributed by atoms with Crippen LogP contribution in [0.2, 0.25) is 0 Å². The van der Waals surface area contributed by atoms with Gasteiger partial charge in [-0.05, 0) is 32.4 Å². The fourth-order valence-corrected chi connectivity index (χ4v) is 1.71. The van der Waals surface area contributed by atoms with Gasteiger partial charge in [-0.3, -0.25) is 0 Å². The van der Waals surface area contributed by atoms with Crippen LogP contribution < -0.4 is 5.32 Å². The number of nitrogens with zero attached hydrogens (tertiary/aromatic N) is 2. The standard InChI is InChI=1S/C14H19N3O2/c1-14(2,8-9-18)15-10-12-16-17-13(19-12)11-6-4-3-5-7-11/h3-7,15,18H,8-10H2,1-2H3. The molecule has 0 spiro atoms. The molecule has 0 amide bonds. The van der Waals surface area contributed by atoms with Crippen molar-refractivity contribution in [3.8, 4) is 11.5 Å². The van der Waals surface area contributed by atoms with E-state index >= 15 is 0 Å². The minimum absolute atomic E-state index is 0.152. The Kier molecular flexibility index (Phi) is 4.29. The van der Waals surface area contributed by atoms with Crippen LogP contribution in [0.4, 0.5) is 0 Å². The first-order chi connectivity index (χ1) is 9.11. The third-order valence-electron chi connectivity index (χ3n) is 2.94. The zero-order valence-electron chi connectivity index (χ0n) is 11.3. The van der Waals surface area contributed by atoms with Gasteiger partial charge in [-0.25, -0.2) is 0 Å². The molecule has 102 valence electrons. The van der Waals surface area contributed by atoms with Crippen molar-refractivity contribution in [3.05, 3.63) is 36.2 Å². The Bertz CT molecular complexity index is 508. The van der Waals surface area contributed by atoms with Crippen molar-refractivity contribution in [1.29, 1.82) is 0 Å². The molecule has 2 rings (SSSR count). The Morgan fingerprint density at radius 2 is 1.95 bits per heavy atom. The first-order valence-electron chi connectivity index (χ1n) is 6.34. The van der Waals surface area contributed by atoms with E-state index in [-0.39, 0.29) is 12.1 Å². The lowest BCUT2D eigenvalue weighted by Gasteiger charge is -2.24. The van der Waals surface area contributed by atoms with Crippen molar-refractivity contribution >= 4 is 0 Å². The summed E-state index contributed by atoms with van der Waals surface area (Å²) in [5.74, 6) is 1.07. The molecule has 0 unspecified atom stereocenters. The maximum atomic E-state index is 8.96. The third kappa shape index (κ3) is 3.87. The molecule has 1 aromatic carbocycles. The van der Waals surface area contributed by atoms with Gasteiger partial charge in [0.1, 0.15) is 0 Å². The fourth-order valence-electron chi connectivity index (χ4n) is 1.71. The lowest BCUT2D eigenvalue weighted by molar-refractivity contribution is 0.226. The third-order valence-corrected chi connectivity index (χ3v) is 2.94. The Morgan fingerprint density at radius 1 is 1.21 bits per heavy atom. The minimum atomic E-state index is -0.157. The van der Waals surface area contributed by atoms with Crippen LogP contribution in [-0.4, -0.2) is 27.4 Å². The molecule has 5 heteroatoms. The molecule has 0 aliphatic rings. The molecular formula is C14H19N3O2. The molecule has 0 bridgehead atoms. The number of nitrogens with one attached hydrogen (secondary N) is 1. The van der Waals surface area contributed by atoms with Crippen LogP contribution >= 0.6 is 0 Å². The molecule has 0 aliphatic carbocycles. The van der Waals surface area contributed by atoms with Gasteiger partial charge in [-0.1, -0.05) is 18.2 Å². The fraction of sp³-hybridized carbons (Fsp3) is 0.429. The number of rotatable bonds is 6. The maximum Gasteiger partial charge on any atom is 0.247 e. The summed E-state index contributed by atoms with van der Waals surface area (Å²) >= 11 is 0. The van der Waals surface area contributed by atoms with E-state index in [1.54, 1.807) is 0 Å². The molecule has 0 fully saturated rings. The highest BCUT2D eigenvalue weighted by atomic mass is 16.4. The van der Waals surface area contributed by atoms with E-state index in [4.69, 9.17) is 9.52 Å². The highest BCUT2D eigenvalue weighted by molar-refractivity contribution is 5.51. The van der Waals surface area contributed by atoms with Crippen molar-refractivity contribution in [2.45, 2.75) is 32.4 Å². The lowest BCUT2D eigenvalue weighted by atomic mass is 10.0. The SMILES string of the molecule is CC(C)(CCO)NCc1nnc(-c2ccccc2)o1. The Morgan fingerprint density at radius 3 is 2.63 bits per heavy atom. The Balaban J connectivity index is 1.99. The van der Waals surface area contributed by atoms with E-state index in [9.17, 15) is 0 Å². The molecule has 5 nitrogen and oxygen atoms in total. The smallest absolute Gasteiger partial charge is 0.247 e. The molecule has 0 radical (unpaired) electrons. The Labute approximate surface area is 112 Å². The highest BCUT2D eigenvalue weighted by Crippen LogP contribution is 2.17. The predicted octanol–water partition coefficient (Wildman–Crippen LogP) is 1.99. The highest BCUT2D eigenvalue weighted by Gasteiger charge is 2.17. The summed E-state index contributed by atoms with van der Waals surface area (Å²) in [5, 5.41) is 20.3. The van der Waals surface area contributed by atoms with Gasteiger partial charge in [0.15, 0.2) is 0 Å². The van der Waals surface area contributed by atoms with Crippen LogP contribution in [0.5, 0.6) is 0 Å². The maximum absolute atomic E-state index is 8.96. The first-order valence-corrected chi connectivity index (χ1v) is 6.34. The average molecular weight is 261 g/mol. The second-order valence-electron chi connectivity index (χ2n) is 5.08. The van der Waals surface area contributed by atoms with Gasteiger partial charge >= 0.3 is 0 Å². The number of aliphatic hydroxyl groups excluding tert-OH is 1. The molecule has 1 heterocycles. The van der Waals surface area contributed by atoms with Gasteiger partial charge in [0, 0.05) is 17.7 Å². The van der Waals surface area contributed by atoms with E-state index in [1.807, 2.05) is 44.2 Å². The van der Waals surface area contributed by atoms with Gasteiger partial charge in [-0.2, -0.15) is 0 Å². The number of hydrogen-bond acceptors (Lipinski definition) is 5. The van der Waals surface area contributed by atoms with Crippen molar-refractivity contribution in [3.63, 3.8) is 0 Å². The van der Waals surface area contributed by atoms with Crippen molar-refractivity contribution in [2.24, 2.45) is 0 Å². The van der Waals surface area contributed by atoms with Crippen LogP contribution in [-0.2, 0) is 6.54 Å². The molecule has 0 saturated carbocycles. The molecular weight excluding hydrogens is 242 g/mol. The van der Waals surface area contributed by atoms with Crippen LogP contribution in [0.15, 0.2) is 34.7 Å². The molecule has 0 aliphatic heterocycles. The van der Waals surface area contributed by atoms with E-state index < -0.39 is 0 Å². The average Bonchev–Trinajstić information content (AvgIpc) is 2.86. The van der Waals surface area contributed by atoms with E-state index in [1.165, 1.54) is 0 Å². The van der Waals surface area contributed by atoms with Gasteiger partial charge in [-0.15, -0.1) is 10.2 Å². The number of aliphatic hydroxyl groups is 1. The summed E-state index contributed by atoms with van der Waals surface area (Å²) in [6.45, 7) is 4.70. The molecule has 0 atom stereocenters. The number of benzene rings is 1. The van der Waals surface area contributed by atoms with Crippen LogP contribution in [0.1, 0.15) is 26.2 Å². The molecule has 2 N–H and O–H groups in total. The molecule has 1 aromatic heterocycles. The van der Waals surface area contributed by atoms with E-state index in [0.717, 1.165) is 5.56 Å². The molecule has 2 aromatic rings. The van der Waals surface area contributed by atoms with Crippen LogP contribution in [0.25, 0.3) is 11.5 Å². The number of aromatic nitrogens is 2. The predicted molar refractivity (Wildman–Crippen MR) is 72.4 cm³/mol. The summed E-state index contributed by atoms with van der Waals surface area (Å²) in [7, 11) is 0. The first kappa shape index (κ1) is 13.7. The van der Waals surface area contributed by atoms with Crippen molar-refractivity contribution in [2.75, 3.05) is 6.61 Å². The second-order valence-corrected chi connectivity index (χ2v) is 5.08. The zero-order valence-corrected chi connectivity index (χ0v) is 11.3. The summed E-state index contributed by atoms with van der Waals surface area (Å²) in [6, 6.07) is 9.67. The van der Waals surface area contributed by atoms with Crippen LogP contribution in [0, 0.1) is 0 Å². The van der Waals surface area contributed by atoms with Gasteiger partial charge in [0.25, 0.3) is 0 Å². The monoisotopic (exact) mass is 261 g/mol. The normalized spacial score (nSPS) is 11.7. The summed E-state index contributed by atoms with van der Waals surface area (Å²) in [6.07, 6.45) is 0.673. The largest absolute Gasteiger partial charge is 0.419 e. The lowest BCUT2D eigenvalue weighted by Crippen LogP contribution is -2.39. The topological polar surface area (TPSA) is 71.2 Å². The number of hydrogen-bond donors (Lipinski definition) is 2. The van der Waals surface area contributed by atoms with Gasteiger partial charge < -0.3 is 14.8 Å². The molecule has 19 heavy (non-hydrogen) atoms. The summed E-state index contributed by atoms with van der Waals surface area (Å²) in [5.41, 5.74) is 0.756. The van der Waals surface area contributed by atoms with Crippen LogP contribution in [0.3, 0.4) is 0 Å². The van der Waals surface area contributed by atoms with E-state index in [2.05, 4.69) is 15.5 Å². The summed E-state index contributed by atoms with van der Waals surface area (Å²) in [4.78, 5) is 0. The quantitative estimate of drug-likeness (QED) is 0.832. The molecule has 0 saturated heterocycles.